The quantitative estimate of drug-likeness (QED) is 0.760. The van der Waals surface area contributed by atoms with E-state index in [4.69, 9.17) is 5.73 Å². The Morgan fingerprint density at radius 1 is 1.40 bits per heavy atom. The predicted octanol–water partition coefficient (Wildman–Crippen LogP) is 1.14. The topological polar surface area (TPSA) is 48.0 Å². The molecule has 0 unspecified atom stereocenters. The van der Waals surface area contributed by atoms with Crippen LogP contribution in [0.3, 0.4) is 0 Å². The number of hydrogen-bond acceptors (Lipinski definition) is 2. The molecule has 0 atom stereocenters. The first-order chi connectivity index (χ1) is 7.13. The number of hydrogen-bond donors (Lipinski definition) is 1. The number of halogens is 1. The van der Waals surface area contributed by atoms with E-state index in [1.54, 1.807) is 13.1 Å². The first-order valence-electron chi connectivity index (χ1n) is 4.61. The van der Waals surface area contributed by atoms with Crippen LogP contribution in [0.15, 0.2) is 29.1 Å². The molecular weight excluding hydrogens is 195 g/mol. The molecule has 2 aromatic rings. The van der Waals surface area contributed by atoms with Gasteiger partial charge in [0.15, 0.2) is 0 Å². The highest BCUT2D eigenvalue weighted by Crippen LogP contribution is 2.17. The molecule has 2 rings (SSSR count). The molecule has 15 heavy (non-hydrogen) atoms. The molecule has 0 radical (unpaired) electrons. The Bertz CT molecular complexity index is 575. The van der Waals surface area contributed by atoms with Crippen molar-refractivity contribution >= 4 is 10.9 Å². The third kappa shape index (κ3) is 1.53. The van der Waals surface area contributed by atoms with Gasteiger partial charge in [-0.15, -0.1) is 0 Å². The van der Waals surface area contributed by atoms with Crippen molar-refractivity contribution in [3.63, 3.8) is 0 Å². The minimum atomic E-state index is -0.323. The molecule has 1 aromatic heterocycles. The number of pyridine rings is 1. The highest BCUT2D eigenvalue weighted by atomic mass is 19.1. The lowest BCUT2D eigenvalue weighted by molar-refractivity contribution is 0.629. The van der Waals surface area contributed by atoms with Gasteiger partial charge < -0.3 is 10.3 Å². The number of nitrogens with zero attached hydrogens (tertiary/aromatic N) is 1. The zero-order valence-corrected chi connectivity index (χ0v) is 8.33. The Morgan fingerprint density at radius 3 is 2.80 bits per heavy atom. The van der Waals surface area contributed by atoms with E-state index >= 15 is 0 Å². The summed E-state index contributed by atoms with van der Waals surface area (Å²) in [6.07, 6.45) is 0. The molecule has 3 nitrogen and oxygen atoms in total. The minimum Gasteiger partial charge on any atom is -0.326 e. The summed E-state index contributed by atoms with van der Waals surface area (Å²) in [6, 6.07) is 5.77. The third-order valence-corrected chi connectivity index (χ3v) is 2.51. The highest BCUT2D eigenvalue weighted by Gasteiger charge is 2.05. The van der Waals surface area contributed by atoms with Gasteiger partial charge >= 0.3 is 0 Å². The number of aryl methyl sites for hydroxylation is 1. The number of nitrogens with two attached hydrogens (primary N) is 1. The van der Waals surface area contributed by atoms with Crippen molar-refractivity contribution in [2.24, 2.45) is 12.8 Å². The number of fused-ring (bicyclic) bond motifs is 1. The van der Waals surface area contributed by atoms with Crippen molar-refractivity contribution in [3.8, 4) is 0 Å². The second-order valence-corrected chi connectivity index (χ2v) is 3.43. The van der Waals surface area contributed by atoms with Crippen LogP contribution in [0.1, 0.15) is 5.56 Å². The molecule has 0 aliphatic heterocycles. The molecule has 0 saturated carbocycles. The second kappa shape index (κ2) is 3.47. The fourth-order valence-corrected chi connectivity index (χ4v) is 1.67. The Kier molecular flexibility index (Phi) is 2.28. The van der Waals surface area contributed by atoms with Crippen LogP contribution in [0, 0.1) is 5.82 Å². The van der Waals surface area contributed by atoms with Crippen molar-refractivity contribution in [3.05, 3.63) is 46.0 Å². The Morgan fingerprint density at radius 2 is 2.13 bits per heavy atom. The zero-order valence-electron chi connectivity index (χ0n) is 8.33. The van der Waals surface area contributed by atoms with Crippen LogP contribution in [-0.2, 0) is 13.6 Å². The fourth-order valence-electron chi connectivity index (χ4n) is 1.67. The fraction of sp³-hybridized carbons (Fsp3) is 0.182. The van der Waals surface area contributed by atoms with Crippen molar-refractivity contribution in [2.75, 3.05) is 0 Å². The molecule has 1 heterocycles. The normalized spacial score (nSPS) is 10.9. The zero-order chi connectivity index (χ0) is 11.0. The monoisotopic (exact) mass is 206 g/mol. The van der Waals surface area contributed by atoms with Gasteiger partial charge in [-0.05, 0) is 23.8 Å². The Balaban J connectivity index is 2.96. The summed E-state index contributed by atoms with van der Waals surface area (Å²) >= 11 is 0. The van der Waals surface area contributed by atoms with Gasteiger partial charge in [0.05, 0.1) is 5.52 Å². The predicted molar refractivity (Wildman–Crippen MR) is 57.0 cm³/mol. The third-order valence-electron chi connectivity index (χ3n) is 2.51. The summed E-state index contributed by atoms with van der Waals surface area (Å²) in [5, 5.41) is 0.694. The first kappa shape index (κ1) is 9.86. The first-order valence-corrected chi connectivity index (χ1v) is 4.61. The lowest BCUT2D eigenvalue weighted by Crippen LogP contribution is -2.18. The maximum absolute atomic E-state index is 13.1. The summed E-state index contributed by atoms with van der Waals surface area (Å²) in [5.41, 5.74) is 6.76. The van der Waals surface area contributed by atoms with Gasteiger partial charge in [-0.2, -0.15) is 0 Å². The smallest absolute Gasteiger partial charge is 0.251 e. The molecule has 0 aliphatic carbocycles. The SMILES string of the molecule is Cn1c(=O)cc(CN)c2cc(F)ccc21. The molecule has 78 valence electrons. The van der Waals surface area contributed by atoms with Crippen LogP contribution < -0.4 is 11.3 Å². The van der Waals surface area contributed by atoms with Crippen LogP contribution in [-0.4, -0.2) is 4.57 Å². The minimum absolute atomic E-state index is 0.130. The van der Waals surface area contributed by atoms with E-state index < -0.39 is 0 Å². The van der Waals surface area contributed by atoms with E-state index in [0.29, 0.717) is 16.5 Å². The average Bonchev–Trinajstić information content (AvgIpc) is 2.23. The number of rotatable bonds is 1. The van der Waals surface area contributed by atoms with E-state index in [1.165, 1.54) is 22.8 Å². The standard InChI is InChI=1S/C11H11FN2O/c1-14-10-3-2-8(12)5-9(10)7(6-13)4-11(14)15/h2-5H,6,13H2,1H3. The number of aromatic nitrogens is 1. The largest absolute Gasteiger partial charge is 0.326 e. The van der Waals surface area contributed by atoms with Crippen molar-refractivity contribution in [1.82, 2.24) is 4.57 Å². The molecule has 1 aromatic carbocycles. The summed E-state index contributed by atoms with van der Waals surface area (Å²) in [4.78, 5) is 11.5. The summed E-state index contributed by atoms with van der Waals surface area (Å²) in [7, 11) is 1.66. The van der Waals surface area contributed by atoms with Gasteiger partial charge in [-0.3, -0.25) is 4.79 Å². The Labute approximate surface area is 85.9 Å². The summed E-state index contributed by atoms with van der Waals surface area (Å²) in [5.74, 6) is -0.323. The maximum atomic E-state index is 13.1. The lowest BCUT2D eigenvalue weighted by atomic mass is 10.1. The Hall–Kier alpha value is -1.68. The van der Waals surface area contributed by atoms with Crippen LogP contribution in [0.5, 0.6) is 0 Å². The van der Waals surface area contributed by atoms with Gasteiger partial charge in [0.25, 0.3) is 5.56 Å². The van der Waals surface area contributed by atoms with Crippen molar-refractivity contribution in [2.45, 2.75) is 6.54 Å². The van der Waals surface area contributed by atoms with Gasteiger partial charge in [-0.1, -0.05) is 0 Å². The molecule has 0 amide bonds. The molecule has 0 fully saturated rings. The van der Waals surface area contributed by atoms with Gasteiger partial charge in [0.2, 0.25) is 0 Å². The molecule has 0 spiro atoms. The average molecular weight is 206 g/mol. The van der Waals surface area contributed by atoms with Crippen LogP contribution in [0.25, 0.3) is 10.9 Å². The van der Waals surface area contributed by atoms with Crippen LogP contribution >= 0.6 is 0 Å². The van der Waals surface area contributed by atoms with Crippen molar-refractivity contribution in [1.29, 1.82) is 0 Å². The lowest BCUT2D eigenvalue weighted by Gasteiger charge is -2.08. The van der Waals surface area contributed by atoms with Crippen LogP contribution in [0.4, 0.5) is 4.39 Å². The summed E-state index contributed by atoms with van der Waals surface area (Å²) < 4.78 is 14.5. The van der Waals surface area contributed by atoms with Gasteiger partial charge in [0, 0.05) is 25.0 Å². The molecule has 4 heteroatoms. The molecule has 2 N–H and O–H groups in total. The van der Waals surface area contributed by atoms with E-state index in [1.807, 2.05) is 0 Å². The molecule has 0 saturated heterocycles. The van der Waals surface area contributed by atoms with Gasteiger partial charge in [-0.25, -0.2) is 4.39 Å². The molecular formula is C11H11FN2O. The van der Waals surface area contributed by atoms with E-state index in [2.05, 4.69) is 0 Å². The highest BCUT2D eigenvalue weighted by molar-refractivity contribution is 5.82. The second-order valence-electron chi connectivity index (χ2n) is 3.43. The van der Waals surface area contributed by atoms with Crippen molar-refractivity contribution < 1.29 is 4.39 Å². The van der Waals surface area contributed by atoms with E-state index in [9.17, 15) is 9.18 Å². The maximum Gasteiger partial charge on any atom is 0.251 e. The van der Waals surface area contributed by atoms with E-state index in [0.717, 1.165) is 0 Å². The number of benzene rings is 1. The van der Waals surface area contributed by atoms with E-state index in [-0.39, 0.29) is 17.9 Å². The van der Waals surface area contributed by atoms with Gasteiger partial charge in [0.1, 0.15) is 5.82 Å². The molecule has 0 aliphatic rings. The molecule has 0 bridgehead atoms. The van der Waals surface area contributed by atoms with Crippen LogP contribution in [0.2, 0.25) is 0 Å². The summed E-state index contributed by atoms with van der Waals surface area (Å²) in [6.45, 7) is 0.232.